The van der Waals surface area contributed by atoms with Crippen LogP contribution in [-0.2, 0) is 14.8 Å². The van der Waals surface area contributed by atoms with Crippen LogP contribution in [0.3, 0.4) is 0 Å². The topological polar surface area (TPSA) is 75.7 Å². The first-order valence-electron chi connectivity index (χ1n) is 8.39. The predicted molar refractivity (Wildman–Crippen MR) is 97.2 cm³/mol. The lowest BCUT2D eigenvalue weighted by Gasteiger charge is -2.40. The van der Waals surface area contributed by atoms with Gasteiger partial charge in [0, 0.05) is 31.3 Å². The van der Waals surface area contributed by atoms with Crippen LogP contribution in [-0.4, -0.2) is 51.1 Å². The van der Waals surface area contributed by atoms with E-state index in [4.69, 9.17) is 4.74 Å². The first kappa shape index (κ1) is 19.9. The first-order chi connectivity index (χ1) is 11.4. The van der Waals surface area contributed by atoms with Crippen molar-refractivity contribution < 1.29 is 17.9 Å². The molecule has 1 amide bonds. The van der Waals surface area contributed by atoms with E-state index in [-0.39, 0.29) is 22.9 Å². The molecule has 1 aromatic rings. The van der Waals surface area contributed by atoms with Gasteiger partial charge >= 0.3 is 0 Å². The molecule has 1 N–H and O–H groups in total. The molecule has 0 aliphatic heterocycles. The number of sulfonamides is 1. The normalized spacial score (nSPS) is 20.9. The number of benzene rings is 1. The molecule has 1 saturated carbocycles. The van der Waals surface area contributed by atoms with Gasteiger partial charge in [0.15, 0.2) is 0 Å². The average Bonchev–Trinajstić information content (AvgIpc) is 2.43. The zero-order valence-electron chi connectivity index (χ0n) is 15.8. The van der Waals surface area contributed by atoms with Gasteiger partial charge in [0.2, 0.25) is 10.0 Å². The second kappa shape index (κ2) is 7.05. The van der Waals surface area contributed by atoms with E-state index in [1.54, 1.807) is 45.9 Å². The molecular weight excluding hydrogens is 340 g/mol. The maximum Gasteiger partial charge on any atom is 0.254 e. The average molecular weight is 368 g/mol. The number of rotatable bonds is 5. The van der Waals surface area contributed by atoms with Crippen LogP contribution in [0.1, 0.15) is 49.5 Å². The summed E-state index contributed by atoms with van der Waals surface area (Å²) in [7, 11) is -0.255. The number of hydrogen-bond donors (Lipinski definition) is 1. The molecule has 0 unspecified atom stereocenters. The quantitative estimate of drug-likeness (QED) is 0.865. The number of carbonyl (C=O) groups excluding carboxylic acids is 1. The van der Waals surface area contributed by atoms with E-state index in [1.807, 2.05) is 6.92 Å². The van der Waals surface area contributed by atoms with E-state index in [0.717, 1.165) is 18.4 Å². The summed E-state index contributed by atoms with van der Waals surface area (Å²) in [5, 5.41) is 0. The number of carbonyl (C=O) groups is 1. The molecule has 140 valence electrons. The van der Waals surface area contributed by atoms with Crippen LogP contribution in [0.15, 0.2) is 23.1 Å². The van der Waals surface area contributed by atoms with Gasteiger partial charge in [-0.1, -0.05) is 6.07 Å². The fourth-order valence-corrected chi connectivity index (χ4v) is 4.31. The molecular formula is C18H28N2O4S. The minimum absolute atomic E-state index is 0.105. The van der Waals surface area contributed by atoms with Crippen LogP contribution in [0, 0.1) is 6.92 Å². The molecule has 1 aliphatic carbocycles. The Labute approximate surface area is 150 Å². The molecule has 1 aliphatic rings. The highest BCUT2D eigenvalue weighted by Gasteiger charge is 2.35. The predicted octanol–water partition coefficient (Wildman–Crippen LogP) is 2.32. The number of ether oxygens (including phenoxy) is 1. The third-order valence-corrected chi connectivity index (χ3v) is 6.22. The summed E-state index contributed by atoms with van der Waals surface area (Å²) in [6.07, 6.45) is 1.81. The minimum atomic E-state index is -3.68. The van der Waals surface area contributed by atoms with Crippen LogP contribution >= 0.6 is 0 Å². The summed E-state index contributed by atoms with van der Waals surface area (Å²) in [5.74, 6) is -0.162. The zero-order valence-corrected chi connectivity index (χ0v) is 16.6. The number of nitrogens with one attached hydrogen (secondary N) is 1. The fraction of sp³-hybridized carbons (Fsp3) is 0.611. The Morgan fingerprint density at radius 2 is 1.88 bits per heavy atom. The Morgan fingerprint density at radius 3 is 2.40 bits per heavy atom. The van der Waals surface area contributed by atoms with Gasteiger partial charge in [0.1, 0.15) is 0 Å². The van der Waals surface area contributed by atoms with Crippen molar-refractivity contribution in [1.82, 2.24) is 9.62 Å². The SMILES string of the molecule is COC1CC(N(C)C(=O)c2cc(S(=O)(=O)NC(C)(C)C)ccc2C)C1. The highest BCUT2D eigenvalue weighted by Crippen LogP contribution is 2.29. The van der Waals surface area contributed by atoms with E-state index in [2.05, 4.69) is 4.72 Å². The van der Waals surface area contributed by atoms with E-state index in [0.29, 0.717) is 5.56 Å². The van der Waals surface area contributed by atoms with Gasteiger partial charge in [-0.3, -0.25) is 4.79 Å². The van der Waals surface area contributed by atoms with Crippen molar-refractivity contribution >= 4 is 15.9 Å². The maximum atomic E-state index is 12.8. The number of amides is 1. The van der Waals surface area contributed by atoms with E-state index in [1.165, 1.54) is 12.1 Å². The Kier molecular flexibility index (Phi) is 5.61. The van der Waals surface area contributed by atoms with Crippen LogP contribution in [0.4, 0.5) is 0 Å². The van der Waals surface area contributed by atoms with Gasteiger partial charge < -0.3 is 9.64 Å². The Bertz CT molecular complexity index is 747. The lowest BCUT2D eigenvalue weighted by molar-refractivity contribution is -0.0145. The van der Waals surface area contributed by atoms with Crippen LogP contribution < -0.4 is 4.72 Å². The molecule has 0 saturated heterocycles. The first-order valence-corrected chi connectivity index (χ1v) is 9.87. The van der Waals surface area contributed by atoms with Gasteiger partial charge in [-0.25, -0.2) is 13.1 Å². The zero-order chi connectivity index (χ0) is 19.0. The third kappa shape index (κ3) is 4.59. The molecule has 0 spiro atoms. The fourth-order valence-electron chi connectivity index (χ4n) is 2.86. The van der Waals surface area contributed by atoms with Gasteiger partial charge in [0.25, 0.3) is 5.91 Å². The minimum Gasteiger partial charge on any atom is -0.381 e. The largest absolute Gasteiger partial charge is 0.381 e. The second-order valence-corrected chi connectivity index (χ2v) is 9.41. The van der Waals surface area contributed by atoms with E-state index >= 15 is 0 Å². The summed E-state index contributed by atoms with van der Waals surface area (Å²) in [5.41, 5.74) is 0.584. The molecule has 7 heteroatoms. The molecule has 25 heavy (non-hydrogen) atoms. The lowest BCUT2D eigenvalue weighted by atomic mass is 9.87. The van der Waals surface area contributed by atoms with Gasteiger partial charge in [-0.05, 0) is 58.2 Å². The van der Waals surface area contributed by atoms with Crippen molar-refractivity contribution in [2.45, 2.75) is 63.1 Å². The van der Waals surface area contributed by atoms with Gasteiger partial charge in [0.05, 0.1) is 11.0 Å². The van der Waals surface area contributed by atoms with Crippen LogP contribution in [0.2, 0.25) is 0 Å². The summed E-state index contributed by atoms with van der Waals surface area (Å²) in [6.45, 7) is 7.15. The lowest BCUT2D eigenvalue weighted by Crippen LogP contribution is -2.48. The molecule has 0 radical (unpaired) electrons. The molecule has 0 heterocycles. The number of aryl methyl sites for hydroxylation is 1. The summed E-state index contributed by atoms with van der Waals surface area (Å²) >= 11 is 0. The number of hydrogen-bond acceptors (Lipinski definition) is 4. The van der Waals surface area contributed by atoms with Gasteiger partial charge in [-0.2, -0.15) is 0 Å². The van der Waals surface area contributed by atoms with Crippen molar-refractivity contribution in [1.29, 1.82) is 0 Å². The molecule has 6 nitrogen and oxygen atoms in total. The highest BCUT2D eigenvalue weighted by molar-refractivity contribution is 7.89. The molecule has 0 bridgehead atoms. The van der Waals surface area contributed by atoms with E-state index < -0.39 is 15.6 Å². The third-order valence-electron chi connectivity index (χ3n) is 4.46. The monoisotopic (exact) mass is 368 g/mol. The molecule has 2 rings (SSSR count). The van der Waals surface area contributed by atoms with Crippen molar-refractivity contribution in [2.75, 3.05) is 14.2 Å². The summed E-state index contributed by atoms with van der Waals surface area (Å²) in [6, 6.07) is 4.81. The molecule has 1 fully saturated rings. The van der Waals surface area contributed by atoms with Crippen LogP contribution in [0.5, 0.6) is 0 Å². The summed E-state index contributed by atoms with van der Waals surface area (Å²) in [4.78, 5) is 14.6. The van der Waals surface area contributed by atoms with Crippen molar-refractivity contribution in [3.63, 3.8) is 0 Å². The number of methoxy groups -OCH3 is 1. The Hall–Kier alpha value is -1.44. The Morgan fingerprint density at radius 1 is 1.28 bits per heavy atom. The van der Waals surface area contributed by atoms with Crippen LogP contribution in [0.25, 0.3) is 0 Å². The van der Waals surface area contributed by atoms with Crippen molar-refractivity contribution in [3.05, 3.63) is 29.3 Å². The maximum absolute atomic E-state index is 12.8. The molecule has 1 aromatic carbocycles. The molecule has 0 atom stereocenters. The number of nitrogens with zero attached hydrogens (tertiary/aromatic N) is 1. The highest BCUT2D eigenvalue weighted by atomic mass is 32.2. The van der Waals surface area contributed by atoms with Crippen molar-refractivity contribution in [2.24, 2.45) is 0 Å². The molecule has 0 aromatic heterocycles. The van der Waals surface area contributed by atoms with Gasteiger partial charge in [-0.15, -0.1) is 0 Å². The summed E-state index contributed by atoms with van der Waals surface area (Å²) < 4.78 is 32.9. The Balaban J connectivity index is 2.26. The standard InChI is InChI=1S/C18H28N2O4S/c1-12-7-8-15(25(22,23)19-18(2,3)4)11-16(12)17(21)20(5)13-9-14(10-13)24-6/h7-8,11,13-14,19H,9-10H2,1-6H3. The second-order valence-electron chi connectivity index (χ2n) is 7.73. The smallest absolute Gasteiger partial charge is 0.254 e. The van der Waals surface area contributed by atoms with E-state index in [9.17, 15) is 13.2 Å². The van der Waals surface area contributed by atoms with Crippen molar-refractivity contribution in [3.8, 4) is 0 Å².